The Bertz CT molecular complexity index is 572. The summed E-state index contributed by atoms with van der Waals surface area (Å²) in [6.07, 6.45) is 4.31. The highest BCUT2D eigenvalue weighted by Gasteiger charge is 2.08. The molecule has 1 aromatic heterocycles. The van der Waals surface area contributed by atoms with E-state index in [1.807, 2.05) is 10.7 Å². The lowest BCUT2D eigenvalue weighted by Crippen LogP contribution is -2.04. The predicted molar refractivity (Wildman–Crippen MR) is 91.0 cm³/mol. The SMILES string of the molecule is CCCC(C)c1ccc(Cc2cc(CO)n(CCC)n2)cc1. The fourth-order valence-corrected chi connectivity index (χ4v) is 2.91. The first-order chi connectivity index (χ1) is 10.7. The molecule has 0 spiro atoms. The van der Waals surface area contributed by atoms with Crippen molar-refractivity contribution in [2.75, 3.05) is 0 Å². The third kappa shape index (κ3) is 4.20. The molecular weight excluding hydrogens is 272 g/mol. The molecule has 1 heterocycles. The first kappa shape index (κ1) is 16.8. The molecule has 0 aliphatic rings. The van der Waals surface area contributed by atoms with Gasteiger partial charge in [0.2, 0.25) is 0 Å². The molecule has 0 amide bonds. The number of rotatable bonds is 8. The van der Waals surface area contributed by atoms with E-state index in [2.05, 4.69) is 50.1 Å². The van der Waals surface area contributed by atoms with Gasteiger partial charge in [0.25, 0.3) is 0 Å². The van der Waals surface area contributed by atoms with Gasteiger partial charge in [0, 0.05) is 13.0 Å². The summed E-state index contributed by atoms with van der Waals surface area (Å²) in [5.74, 6) is 0.629. The maximum atomic E-state index is 9.41. The van der Waals surface area contributed by atoms with Crippen LogP contribution in [0.1, 0.15) is 68.5 Å². The zero-order valence-corrected chi connectivity index (χ0v) is 14.0. The van der Waals surface area contributed by atoms with Crippen LogP contribution in [-0.2, 0) is 19.6 Å². The van der Waals surface area contributed by atoms with Crippen molar-refractivity contribution in [3.8, 4) is 0 Å². The van der Waals surface area contributed by atoms with Crippen LogP contribution in [0.15, 0.2) is 30.3 Å². The largest absolute Gasteiger partial charge is 0.390 e. The van der Waals surface area contributed by atoms with E-state index in [0.29, 0.717) is 5.92 Å². The van der Waals surface area contributed by atoms with Gasteiger partial charge in [-0.2, -0.15) is 5.10 Å². The Balaban J connectivity index is 2.07. The van der Waals surface area contributed by atoms with Crippen LogP contribution in [0, 0.1) is 0 Å². The van der Waals surface area contributed by atoms with Gasteiger partial charge in [-0.1, -0.05) is 51.5 Å². The van der Waals surface area contributed by atoms with Crippen LogP contribution >= 0.6 is 0 Å². The van der Waals surface area contributed by atoms with Crippen LogP contribution in [0.2, 0.25) is 0 Å². The molecule has 1 N–H and O–H groups in total. The lowest BCUT2D eigenvalue weighted by molar-refractivity contribution is 0.267. The van der Waals surface area contributed by atoms with Crippen LogP contribution in [0.4, 0.5) is 0 Å². The molecule has 120 valence electrons. The Morgan fingerprint density at radius 3 is 2.45 bits per heavy atom. The molecule has 2 rings (SSSR count). The summed E-state index contributed by atoms with van der Waals surface area (Å²) in [6, 6.07) is 10.9. The van der Waals surface area contributed by atoms with Crippen LogP contribution in [-0.4, -0.2) is 14.9 Å². The zero-order chi connectivity index (χ0) is 15.9. The first-order valence-electron chi connectivity index (χ1n) is 8.43. The Kier molecular flexibility index (Phi) is 6.20. The maximum absolute atomic E-state index is 9.41. The van der Waals surface area contributed by atoms with Gasteiger partial charge >= 0.3 is 0 Å². The van der Waals surface area contributed by atoms with E-state index in [1.165, 1.54) is 24.0 Å². The summed E-state index contributed by atoms with van der Waals surface area (Å²) >= 11 is 0. The molecular formula is C19H28N2O. The fraction of sp³-hybridized carbons (Fsp3) is 0.526. The van der Waals surface area contributed by atoms with Crippen LogP contribution in [0.25, 0.3) is 0 Å². The first-order valence-corrected chi connectivity index (χ1v) is 8.43. The average Bonchev–Trinajstić information content (AvgIpc) is 2.90. The van der Waals surface area contributed by atoms with E-state index in [4.69, 9.17) is 0 Å². The molecule has 0 aliphatic heterocycles. The third-order valence-electron chi connectivity index (χ3n) is 4.17. The highest BCUT2D eigenvalue weighted by molar-refractivity contribution is 5.28. The smallest absolute Gasteiger partial charge is 0.0849 e. The van der Waals surface area contributed by atoms with Crippen molar-refractivity contribution >= 4 is 0 Å². The molecule has 1 unspecified atom stereocenters. The Labute approximate surface area is 134 Å². The monoisotopic (exact) mass is 300 g/mol. The molecule has 0 fully saturated rings. The number of aryl methyl sites for hydroxylation is 1. The normalized spacial score (nSPS) is 12.5. The molecule has 22 heavy (non-hydrogen) atoms. The van der Waals surface area contributed by atoms with Crippen molar-refractivity contribution in [3.05, 3.63) is 52.8 Å². The molecule has 0 aliphatic carbocycles. The minimum atomic E-state index is 0.0560. The molecule has 1 atom stereocenters. The van der Waals surface area contributed by atoms with E-state index in [0.717, 1.165) is 30.8 Å². The molecule has 0 bridgehead atoms. The summed E-state index contributed by atoms with van der Waals surface area (Å²) < 4.78 is 1.92. The van der Waals surface area contributed by atoms with E-state index in [-0.39, 0.29) is 6.61 Å². The summed E-state index contributed by atoms with van der Waals surface area (Å²) in [4.78, 5) is 0. The molecule has 0 saturated heterocycles. The highest BCUT2D eigenvalue weighted by atomic mass is 16.3. The standard InChI is InChI=1S/C19H28N2O/c1-4-6-15(3)17-9-7-16(8-10-17)12-18-13-19(14-22)21(20-18)11-5-2/h7-10,13,15,22H,4-6,11-12,14H2,1-3H3. The second kappa shape index (κ2) is 8.14. The van der Waals surface area contributed by atoms with Crippen molar-refractivity contribution in [1.29, 1.82) is 0 Å². The van der Waals surface area contributed by atoms with Gasteiger partial charge in [0.1, 0.15) is 0 Å². The quantitative estimate of drug-likeness (QED) is 0.790. The lowest BCUT2D eigenvalue weighted by Gasteiger charge is -2.10. The van der Waals surface area contributed by atoms with Gasteiger partial charge in [0.05, 0.1) is 18.0 Å². The Hall–Kier alpha value is -1.61. The lowest BCUT2D eigenvalue weighted by atomic mass is 9.95. The van der Waals surface area contributed by atoms with Crippen molar-refractivity contribution in [3.63, 3.8) is 0 Å². The van der Waals surface area contributed by atoms with Gasteiger partial charge in [-0.15, -0.1) is 0 Å². The molecule has 0 saturated carbocycles. The van der Waals surface area contributed by atoms with Gasteiger partial charge in [-0.25, -0.2) is 0 Å². The van der Waals surface area contributed by atoms with Crippen molar-refractivity contribution in [2.24, 2.45) is 0 Å². The zero-order valence-electron chi connectivity index (χ0n) is 14.0. The maximum Gasteiger partial charge on any atom is 0.0849 e. The minimum Gasteiger partial charge on any atom is -0.390 e. The molecule has 1 aromatic carbocycles. The average molecular weight is 300 g/mol. The second-order valence-electron chi connectivity index (χ2n) is 6.12. The summed E-state index contributed by atoms with van der Waals surface area (Å²) in [5, 5.41) is 14.0. The Morgan fingerprint density at radius 2 is 1.86 bits per heavy atom. The van der Waals surface area contributed by atoms with E-state index in [1.54, 1.807) is 0 Å². The molecule has 0 radical (unpaired) electrons. The number of aromatic nitrogens is 2. The molecule has 2 aromatic rings. The summed E-state index contributed by atoms with van der Waals surface area (Å²) in [5.41, 5.74) is 4.63. The van der Waals surface area contributed by atoms with Crippen molar-refractivity contribution in [1.82, 2.24) is 9.78 Å². The molecule has 3 heteroatoms. The van der Waals surface area contributed by atoms with Crippen LogP contribution in [0.3, 0.4) is 0 Å². The topological polar surface area (TPSA) is 38.0 Å². The van der Waals surface area contributed by atoms with Gasteiger partial charge < -0.3 is 5.11 Å². The fourth-order valence-electron chi connectivity index (χ4n) is 2.91. The molecule has 3 nitrogen and oxygen atoms in total. The van der Waals surface area contributed by atoms with E-state index >= 15 is 0 Å². The van der Waals surface area contributed by atoms with E-state index in [9.17, 15) is 5.11 Å². The predicted octanol–water partition coefficient (Wildman–Crippen LogP) is 4.28. The number of benzene rings is 1. The number of nitrogens with zero attached hydrogens (tertiary/aromatic N) is 2. The third-order valence-corrected chi connectivity index (χ3v) is 4.17. The highest BCUT2D eigenvalue weighted by Crippen LogP contribution is 2.21. The number of aliphatic hydroxyl groups excluding tert-OH is 1. The van der Waals surface area contributed by atoms with Crippen LogP contribution in [0.5, 0.6) is 0 Å². The minimum absolute atomic E-state index is 0.0560. The van der Waals surface area contributed by atoms with Crippen LogP contribution < -0.4 is 0 Å². The second-order valence-corrected chi connectivity index (χ2v) is 6.12. The van der Waals surface area contributed by atoms with Gasteiger partial charge in [-0.05, 0) is 36.0 Å². The summed E-state index contributed by atoms with van der Waals surface area (Å²) in [6.45, 7) is 7.57. The van der Waals surface area contributed by atoms with E-state index < -0.39 is 0 Å². The van der Waals surface area contributed by atoms with Gasteiger partial charge in [-0.3, -0.25) is 4.68 Å². The number of aliphatic hydroxyl groups is 1. The van der Waals surface area contributed by atoms with Crippen molar-refractivity contribution in [2.45, 2.75) is 65.5 Å². The summed E-state index contributed by atoms with van der Waals surface area (Å²) in [7, 11) is 0. The van der Waals surface area contributed by atoms with Crippen molar-refractivity contribution < 1.29 is 5.11 Å². The Morgan fingerprint density at radius 1 is 1.14 bits per heavy atom. The number of hydrogen-bond donors (Lipinski definition) is 1. The number of hydrogen-bond acceptors (Lipinski definition) is 2. The van der Waals surface area contributed by atoms with Gasteiger partial charge in [0.15, 0.2) is 0 Å².